The zero-order valence-corrected chi connectivity index (χ0v) is 20.9. The van der Waals surface area contributed by atoms with Crippen LogP contribution in [-0.4, -0.2) is 31.1 Å². The fraction of sp³-hybridized carbons (Fsp3) is 0.0870. The zero-order chi connectivity index (χ0) is 24.3. The van der Waals surface area contributed by atoms with E-state index >= 15 is 0 Å². The van der Waals surface area contributed by atoms with Crippen molar-refractivity contribution < 1.29 is 13.2 Å². The number of carbonyl (C=O) groups excluding carboxylic acids is 1. The Bertz CT molecular complexity index is 1420. The largest absolute Gasteiger partial charge is 0.299 e. The molecule has 1 N–H and O–H groups in total. The van der Waals surface area contributed by atoms with E-state index in [1.807, 2.05) is 6.92 Å². The highest BCUT2D eigenvalue weighted by molar-refractivity contribution is 7.92. The molecule has 0 saturated carbocycles. The van der Waals surface area contributed by atoms with Crippen molar-refractivity contribution in [3.05, 3.63) is 88.4 Å². The molecule has 0 radical (unpaired) electrons. The lowest BCUT2D eigenvalue weighted by molar-refractivity contribution is -0.114. The molecule has 7 nitrogen and oxygen atoms in total. The molecule has 0 spiro atoms. The zero-order valence-electron chi connectivity index (χ0n) is 17.8. The van der Waals surface area contributed by atoms with Gasteiger partial charge in [0.2, 0.25) is 11.0 Å². The third-order valence-corrected chi connectivity index (χ3v) is 8.01. The fourth-order valence-corrected chi connectivity index (χ4v) is 5.68. The van der Waals surface area contributed by atoms with Crippen LogP contribution in [0.1, 0.15) is 5.56 Å². The minimum Gasteiger partial charge on any atom is -0.299 e. The first-order chi connectivity index (χ1) is 16.2. The quantitative estimate of drug-likeness (QED) is 0.331. The van der Waals surface area contributed by atoms with Crippen LogP contribution in [0.3, 0.4) is 0 Å². The number of benzene rings is 3. The van der Waals surface area contributed by atoms with Crippen LogP contribution < -0.4 is 9.62 Å². The number of carbonyl (C=O) groups is 1. The number of rotatable bonds is 7. The van der Waals surface area contributed by atoms with Crippen molar-refractivity contribution in [2.24, 2.45) is 0 Å². The number of anilines is 2. The van der Waals surface area contributed by atoms with Crippen LogP contribution in [0.5, 0.6) is 0 Å². The maximum Gasteiger partial charge on any atom is 0.264 e. The van der Waals surface area contributed by atoms with E-state index in [-0.39, 0.29) is 20.7 Å². The number of hydrogen-bond acceptors (Lipinski definition) is 6. The van der Waals surface area contributed by atoms with Gasteiger partial charge in [-0.1, -0.05) is 76.5 Å². The van der Waals surface area contributed by atoms with Crippen LogP contribution in [0.15, 0.2) is 77.7 Å². The number of nitrogens with one attached hydrogen (secondary N) is 1. The Morgan fingerprint density at radius 3 is 2.32 bits per heavy atom. The van der Waals surface area contributed by atoms with Gasteiger partial charge in [-0.15, -0.1) is 10.2 Å². The predicted molar refractivity (Wildman–Crippen MR) is 136 cm³/mol. The maximum atomic E-state index is 13.5. The summed E-state index contributed by atoms with van der Waals surface area (Å²) in [5, 5.41) is 12.3. The predicted octanol–water partition coefficient (Wildman–Crippen LogP) is 5.65. The van der Waals surface area contributed by atoms with Gasteiger partial charge in [-0.2, -0.15) is 0 Å². The molecule has 1 aromatic heterocycles. The molecule has 1 heterocycles. The fourth-order valence-electron chi connectivity index (χ4n) is 3.06. The van der Waals surface area contributed by atoms with Gasteiger partial charge in [0.05, 0.1) is 15.6 Å². The highest BCUT2D eigenvalue weighted by atomic mass is 35.5. The summed E-state index contributed by atoms with van der Waals surface area (Å²) in [6.45, 7) is 1.35. The minimum atomic E-state index is -4.08. The number of amides is 1. The summed E-state index contributed by atoms with van der Waals surface area (Å²) < 4.78 is 27.9. The Morgan fingerprint density at radius 2 is 1.65 bits per heavy atom. The molecule has 0 aliphatic carbocycles. The third-order valence-electron chi connectivity index (χ3n) is 4.78. The van der Waals surface area contributed by atoms with Crippen molar-refractivity contribution in [1.82, 2.24) is 10.2 Å². The number of para-hydroxylation sites is 1. The molecule has 11 heteroatoms. The second kappa shape index (κ2) is 10.1. The summed E-state index contributed by atoms with van der Waals surface area (Å²) in [7, 11) is -4.08. The van der Waals surface area contributed by atoms with Crippen molar-refractivity contribution in [3.8, 4) is 10.6 Å². The Morgan fingerprint density at radius 1 is 0.971 bits per heavy atom. The van der Waals surface area contributed by atoms with E-state index in [9.17, 15) is 13.2 Å². The van der Waals surface area contributed by atoms with Gasteiger partial charge in [0.15, 0.2) is 0 Å². The Balaban J connectivity index is 1.59. The lowest BCUT2D eigenvalue weighted by Gasteiger charge is -2.24. The van der Waals surface area contributed by atoms with E-state index in [2.05, 4.69) is 15.5 Å². The van der Waals surface area contributed by atoms with Crippen molar-refractivity contribution in [2.75, 3.05) is 16.2 Å². The van der Waals surface area contributed by atoms with Gasteiger partial charge in [-0.05, 0) is 43.3 Å². The van der Waals surface area contributed by atoms with Gasteiger partial charge in [-0.3, -0.25) is 14.4 Å². The van der Waals surface area contributed by atoms with E-state index < -0.39 is 22.5 Å². The molecule has 0 fully saturated rings. The third kappa shape index (κ3) is 5.39. The summed E-state index contributed by atoms with van der Waals surface area (Å²) in [4.78, 5) is 12.9. The van der Waals surface area contributed by atoms with Crippen LogP contribution >= 0.6 is 34.5 Å². The van der Waals surface area contributed by atoms with Crippen LogP contribution in [0, 0.1) is 6.92 Å². The summed E-state index contributed by atoms with van der Waals surface area (Å²) in [5.74, 6) is -0.589. The Kier molecular flexibility index (Phi) is 7.18. The van der Waals surface area contributed by atoms with Gasteiger partial charge >= 0.3 is 0 Å². The van der Waals surface area contributed by atoms with Gasteiger partial charge in [-0.25, -0.2) is 8.42 Å². The van der Waals surface area contributed by atoms with Crippen LogP contribution in [0.25, 0.3) is 10.6 Å². The molecule has 0 saturated heterocycles. The highest BCUT2D eigenvalue weighted by Gasteiger charge is 2.29. The lowest BCUT2D eigenvalue weighted by Crippen LogP contribution is -2.38. The summed E-state index contributed by atoms with van der Waals surface area (Å²) in [5.41, 5.74) is 1.90. The van der Waals surface area contributed by atoms with Crippen molar-refractivity contribution in [3.63, 3.8) is 0 Å². The standard InChI is InChI=1S/C23H18Cl2N4O3S2/c1-15-6-12-18(13-7-15)34(31,32)29(20-5-3-2-4-19(20)25)14-21(30)26-23-28-27-22(33-23)16-8-10-17(24)11-9-16/h2-13H,14H2,1H3,(H,26,28,30). The summed E-state index contributed by atoms with van der Waals surface area (Å²) in [6.07, 6.45) is 0. The average molecular weight is 533 g/mol. The van der Waals surface area contributed by atoms with Gasteiger partial charge < -0.3 is 0 Å². The number of halogens is 2. The number of aromatic nitrogens is 2. The summed E-state index contributed by atoms with van der Waals surface area (Å²) >= 11 is 13.4. The maximum absolute atomic E-state index is 13.5. The molecule has 1 amide bonds. The Hall–Kier alpha value is -2.98. The molecule has 3 aromatic carbocycles. The van der Waals surface area contributed by atoms with E-state index in [1.54, 1.807) is 60.7 Å². The first-order valence-corrected chi connectivity index (χ1v) is 13.0. The van der Waals surface area contributed by atoms with E-state index in [0.29, 0.717) is 10.0 Å². The lowest BCUT2D eigenvalue weighted by atomic mass is 10.2. The molecule has 0 unspecified atom stereocenters. The highest BCUT2D eigenvalue weighted by Crippen LogP contribution is 2.31. The number of sulfonamides is 1. The van der Waals surface area contributed by atoms with E-state index in [1.165, 1.54) is 12.1 Å². The topological polar surface area (TPSA) is 92.3 Å². The van der Waals surface area contributed by atoms with Gasteiger partial charge in [0, 0.05) is 10.6 Å². The number of nitrogens with zero attached hydrogens (tertiary/aromatic N) is 3. The van der Waals surface area contributed by atoms with Crippen molar-refractivity contribution in [1.29, 1.82) is 0 Å². The van der Waals surface area contributed by atoms with E-state index in [0.717, 1.165) is 26.8 Å². The summed E-state index contributed by atoms with van der Waals surface area (Å²) in [6, 6.07) is 19.9. The molecule has 4 rings (SSSR count). The smallest absolute Gasteiger partial charge is 0.264 e. The van der Waals surface area contributed by atoms with Crippen LogP contribution in [0.4, 0.5) is 10.8 Å². The molecule has 174 valence electrons. The molecule has 0 atom stereocenters. The minimum absolute atomic E-state index is 0.0479. The van der Waals surface area contributed by atoms with Gasteiger partial charge in [0.25, 0.3) is 10.0 Å². The second-order valence-corrected chi connectivity index (χ2v) is 10.9. The number of hydrogen-bond donors (Lipinski definition) is 1. The van der Waals surface area contributed by atoms with Crippen molar-refractivity contribution in [2.45, 2.75) is 11.8 Å². The molecule has 4 aromatic rings. The average Bonchev–Trinajstić information content (AvgIpc) is 3.27. The SMILES string of the molecule is Cc1ccc(S(=O)(=O)N(CC(=O)Nc2nnc(-c3ccc(Cl)cc3)s2)c2ccccc2Cl)cc1. The van der Waals surface area contributed by atoms with Crippen LogP contribution in [-0.2, 0) is 14.8 Å². The normalized spacial score (nSPS) is 11.3. The first-order valence-electron chi connectivity index (χ1n) is 9.97. The number of aryl methyl sites for hydroxylation is 1. The molecular formula is C23H18Cl2N4O3S2. The molecule has 0 bridgehead atoms. The van der Waals surface area contributed by atoms with Crippen molar-refractivity contribution >= 4 is 61.3 Å². The van der Waals surface area contributed by atoms with E-state index in [4.69, 9.17) is 23.2 Å². The monoisotopic (exact) mass is 532 g/mol. The Labute approximate surface area is 211 Å². The van der Waals surface area contributed by atoms with Crippen LogP contribution in [0.2, 0.25) is 10.0 Å². The molecular weight excluding hydrogens is 515 g/mol. The first kappa shape index (κ1) is 24.2. The molecule has 34 heavy (non-hydrogen) atoms. The second-order valence-electron chi connectivity index (χ2n) is 7.24. The molecule has 0 aliphatic rings. The molecule has 0 aliphatic heterocycles. The van der Waals surface area contributed by atoms with Gasteiger partial charge in [0.1, 0.15) is 11.6 Å².